The smallest absolute Gasteiger partial charge is 0.220 e. The second kappa shape index (κ2) is 18.7. The maximum atomic E-state index is 11.2. The molecule has 0 spiro atoms. The predicted octanol–water partition coefficient (Wildman–Crippen LogP) is 2.75. The van der Waals surface area contributed by atoms with Crippen LogP contribution < -0.4 is 5.32 Å². The molecule has 0 aliphatic heterocycles. The van der Waals surface area contributed by atoms with E-state index in [-0.39, 0.29) is 5.91 Å². The summed E-state index contributed by atoms with van der Waals surface area (Å²) in [5.74, 6) is 0.837. The van der Waals surface area contributed by atoms with Gasteiger partial charge in [-0.2, -0.15) is 0 Å². The lowest BCUT2D eigenvalue weighted by Gasteiger charge is -2.07. The van der Waals surface area contributed by atoms with Gasteiger partial charge in [0.25, 0.3) is 0 Å². The van der Waals surface area contributed by atoms with E-state index in [1.165, 1.54) is 12.8 Å². The normalized spacial score (nSPS) is 10.8. The molecule has 0 rings (SSSR count). The Morgan fingerprint density at radius 3 is 2.09 bits per heavy atom. The summed E-state index contributed by atoms with van der Waals surface area (Å²) >= 11 is 5.60. The fourth-order valence-electron chi connectivity index (χ4n) is 1.77. The highest BCUT2D eigenvalue weighted by atomic mass is 35.5. The third kappa shape index (κ3) is 17.7. The van der Waals surface area contributed by atoms with Crippen LogP contribution >= 0.6 is 11.6 Å². The number of carbonyl (C=O) groups excluding carboxylic acids is 1. The highest BCUT2D eigenvalue weighted by Crippen LogP contribution is 2.00. The molecule has 0 aromatic heterocycles. The van der Waals surface area contributed by atoms with Crippen LogP contribution in [0.15, 0.2) is 0 Å². The van der Waals surface area contributed by atoms with Crippen LogP contribution in [0.25, 0.3) is 0 Å². The number of alkyl halides is 1. The van der Waals surface area contributed by atoms with Gasteiger partial charge in [0.05, 0.1) is 33.0 Å². The quantitative estimate of drug-likeness (QED) is 0.327. The predicted molar refractivity (Wildman–Crippen MR) is 89.6 cm³/mol. The van der Waals surface area contributed by atoms with Crippen molar-refractivity contribution >= 4 is 17.5 Å². The first-order valence-electron chi connectivity index (χ1n) is 8.37. The number of carbonyl (C=O) groups is 1. The maximum absolute atomic E-state index is 11.2. The van der Waals surface area contributed by atoms with Gasteiger partial charge in [-0.25, -0.2) is 0 Å². The molecule has 1 N–H and O–H groups in total. The third-order valence-electron chi connectivity index (χ3n) is 2.96. The minimum Gasteiger partial charge on any atom is -0.379 e. The van der Waals surface area contributed by atoms with Crippen molar-refractivity contribution in [2.75, 3.05) is 52.1 Å². The number of hydrogen-bond donors (Lipinski definition) is 1. The lowest BCUT2D eigenvalue weighted by Crippen LogP contribution is -2.27. The van der Waals surface area contributed by atoms with Crippen LogP contribution in [0, 0.1) is 0 Å². The molecule has 0 aliphatic carbocycles. The zero-order valence-electron chi connectivity index (χ0n) is 13.9. The average molecular weight is 338 g/mol. The number of nitrogens with one attached hydrogen (secondary N) is 1. The topological polar surface area (TPSA) is 56.8 Å². The van der Waals surface area contributed by atoms with E-state index < -0.39 is 0 Å². The zero-order valence-corrected chi connectivity index (χ0v) is 14.7. The van der Waals surface area contributed by atoms with Crippen LogP contribution in [-0.4, -0.2) is 58.0 Å². The van der Waals surface area contributed by atoms with Crippen molar-refractivity contribution in [3.05, 3.63) is 0 Å². The molecule has 0 bridgehead atoms. The second-order valence-electron chi connectivity index (χ2n) is 5.04. The van der Waals surface area contributed by atoms with Crippen LogP contribution in [0.2, 0.25) is 0 Å². The van der Waals surface area contributed by atoms with Gasteiger partial charge < -0.3 is 19.5 Å². The molecule has 0 saturated carbocycles. The maximum Gasteiger partial charge on any atom is 0.220 e. The first-order valence-corrected chi connectivity index (χ1v) is 8.90. The number of hydrogen-bond acceptors (Lipinski definition) is 4. The van der Waals surface area contributed by atoms with Crippen LogP contribution in [-0.2, 0) is 19.0 Å². The molecule has 0 heterocycles. The SMILES string of the molecule is CCCC(=O)NCCOCCOCCOCCCCCCCl. The molecule has 5 nitrogen and oxygen atoms in total. The van der Waals surface area contributed by atoms with Gasteiger partial charge in [-0.05, 0) is 19.3 Å². The van der Waals surface area contributed by atoms with Gasteiger partial charge in [-0.15, -0.1) is 11.6 Å². The molecule has 132 valence electrons. The first-order chi connectivity index (χ1) is 10.8. The van der Waals surface area contributed by atoms with Crippen LogP contribution in [0.1, 0.15) is 45.4 Å². The Balaban J connectivity index is 3.01. The van der Waals surface area contributed by atoms with Gasteiger partial charge in [-0.3, -0.25) is 4.79 Å². The van der Waals surface area contributed by atoms with Gasteiger partial charge >= 0.3 is 0 Å². The largest absolute Gasteiger partial charge is 0.379 e. The molecule has 0 aliphatic rings. The molecular weight excluding hydrogens is 306 g/mol. The Bertz CT molecular complexity index is 242. The van der Waals surface area contributed by atoms with Crippen molar-refractivity contribution in [2.24, 2.45) is 0 Å². The second-order valence-corrected chi connectivity index (χ2v) is 5.42. The monoisotopic (exact) mass is 337 g/mol. The Morgan fingerprint density at radius 1 is 0.864 bits per heavy atom. The molecule has 0 saturated heterocycles. The highest BCUT2D eigenvalue weighted by Gasteiger charge is 1.97. The van der Waals surface area contributed by atoms with Crippen molar-refractivity contribution in [3.8, 4) is 0 Å². The molecule has 0 aromatic rings. The van der Waals surface area contributed by atoms with E-state index in [9.17, 15) is 4.79 Å². The van der Waals surface area contributed by atoms with E-state index in [1.807, 2.05) is 6.92 Å². The van der Waals surface area contributed by atoms with Crippen molar-refractivity contribution in [3.63, 3.8) is 0 Å². The molecule has 0 fully saturated rings. The molecule has 0 radical (unpaired) electrons. The van der Waals surface area contributed by atoms with Gasteiger partial charge in [0.2, 0.25) is 5.91 Å². The van der Waals surface area contributed by atoms with Gasteiger partial charge in [0, 0.05) is 25.5 Å². The fraction of sp³-hybridized carbons (Fsp3) is 0.938. The van der Waals surface area contributed by atoms with Crippen molar-refractivity contribution in [2.45, 2.75) is 45.4 Å². The number of unbranched alkanes of at least 4 members (excludes halogenated alkanes) is 3. The van der Waals surface area contributed by atoms with E-state index in [2.05, 4.69) is 5.32 Å². The number of ether oxygens (including phenoxy) is 3. The van der Waals surface area contributed by atoms with E-state index in [4.69, 9.17) is 25.8 Å². The molecule has 0 unspecified atom stereocenters. The van der Waals surface area contributed by atoms with Crippen LogP contribution in [0.5, 0.6) is 0 Å². The van der Waals surface area contributed by atoms with Crippen molar-refractivity contribution in [1.29, 1.82) is 0 Å². The van der Waals surface area contributed by atoms with E-state index in [0.717, 1.165) is 31.7 Å². The summed E-state index contributed by atoms with van der Waals surface area (Å²) in [6.45, 7) is 6.19. The number of halogens is 1. The van der Waals surface area contributed by atoms with Gasteiger partial charge in [0.1, 0.15) is 0 Å². The molecule has 0 aromatic carbocycles. The Kier molecular flexibility index (Phi) is 18.4. The number of rotatable bonds is 17. The molecular formula is C16H32ClNO4. The van der Waals surface area contributed by atoms with Crippen LogP contribution in [0.4, 0.5) is 0 Å². The van der Waals surface area contributed by atoms with Crippen LogP contribution in [0.3, 0.4) is 0 Å². The highest BCUT2D eigenvalue weighted by molar-refractivity contribution is 6.17. The van der Waals surface area contributed by atoms with Crippen molar-refractivity contribution in [1.82, 2.24) is 5.32 Å². The summed E-state index contributed by atoms with van der Waals surface area (Å²) < 4.78 is 16.2. The van der Waals surface area contributed by atoms with E-state index >= 15 is 0 Å². The minimum atomic E-state index is 0.0853. The minimum absolute atomic E-state index is 0.0853. The fourth-order valence-corrected chi connectivity index (χ4v) is 1.96. The zero-order chi connectivity index (χ0) is 16.3. The van der Waals surface area contributed by atoms with Crippen molar-refractivity contribution < 1.29 is 19.0 Å². The Labute approximate surface area is 140 Å². The Hall–Kier alpha value is -0.360. The van der Waals surface area contributed by atoms with Gasteiger partial charge in [0.15, 0.2) is 0 Å². The lowest BCUT2D eigenvalue weighted by atomic mass is 10.2. The summed E-state index contributed by atoms with van der Waals surface area (Å²) in [7, 11) is 0. The summed E-state index contributed by atoms with van der Waals surface area (Å²) in [4.78, 5) is 11.2. The van der Waals surface area contributed by atoms with E-state index in [1.54, 1.807) is 0 Å². The molecule has 22 heavy (non-hydrogen) atoms. The molecule has 1 amide bonds. The summed E-state index contributed by atoms with van der Waals surface area (Å²) in [5, 5.41) is 2.79. The lowest BCUT2D eigenvalue weighted by molar-refractivity contribution is -0.121. The standard InChI is InChI=1S/C16H32ClNO4/c1-2-7-16(19)18-9-11-21-13-15-22-14-12-20-10-6-4-3-5-8-17/h2-15H2,1H3,(H,18,19). The average Bonchev–Trinajstić information content (AvgIpc) is 2.51. The van der Waals surface area contributed by atoms with Gasteiger partial charge in [-0.1, -0.05) is 19.8 Å². The number of amides is 1. The summed E-state index contributed by atoms with van der Waals surface area (Å²) in [5.41, 5.74) is 0. The third-order valence-corrected chi connectivity index (χ3v) is 3.23. The van der Waals surface area contributed by atoms with E-state index in [0.29, 0.717) is 46.0 Å². The summed E-state index contributed by atoms with van der Waals surface area (Å²) in [6, 6.07) is 0. The Morgan fingerprint density at radius 2 is 1.45 bits per heavy atom. The first kappa shape index (κ1) is 21.6. The molecule has 0 atom stereocenters. The molecule has 6 heteroatoms. The summed E-state index contributed by atoms with van der Waals surface area (Å²) in [6.07, 6.45) is 5.98.